The Kier molecular flexibility index (Phi) is 5.21. The van der Waals surface area contributed by atoms with E-state index in [2.05, 4.69) is 0 Å². The third-order valence-electron chi connectivity index (χ3n) is 1.59. The Morgan fingerprint density at radius 3 is 1.56 bits per heavy atom. The van der Waals surface area contributed by atoms with Gasteiger partial charge in [0.1, 0.15) is 30.0 Å². The number of anilines is 1. The number of nitrogen functional groups attached to an aromatic ring is 1. The van der Waals surface area contributed by atoms with Gasteiger partial charge in [0.2, 0.25) is 0 Å². The lowest BCUT2D eigenvalue weighted by atomic mass is 10.3. The van der Waals surface area contributed by atoms with Crippen LogP contribution < -0.4 is 5.73 Å². The molecular formula is C6H4Cl3NO3S3. The van der Waals surface area contributed by atoms with Crippen molar-refractivity contribution >= 4 is 67.8 Å². The zero-order chi connectivity index (χ0) is 12.5. The van der Waals surface area contributed by atoms with Crippen LogP contribution >= 0.6 is 32.0 Å². The van der Waals surface area contributed by atoms with Crippen molar-refractivity contribution in [3.63, 3.8) is 0 Å². The van der Waals surface area contributed by atoms with Gasteiger partial charge in [0.15, 0.2) is 0 Å². The smallest absolute Gasteiger partial charge is 0.149 e. The molecule has 16 heavy (non-hydrogen) atoms. The van der Waals surface area contributed by atoms with Gasteiger partial charge in [0.25, 0.3) is 0 Å². The van der Waals surface area contributed by atoms with Crippen LogP contribution in [0.1, 0.15) is 0 Å². The minimum absolute atomic E-state index is 0.0124. The molecule has 0 radical (unpaired) electrons. The normalized spacial score (nSPS) is 16.7. The maximum atomic E-state index is 11.2. The summed E-state index contributed by atoms with van der Waals surface area (Å²) in [6.45, 7) is 0. The van der Waals surface area contributed by atoms with Crippen LogP contribution in [0.3, 0.4) is 0 Å². The van der Waals surface area contributed by atoms with Crippen LogP contribution in [-0.4, -0.2) is 12.6 Å². The predicted molar refractivity (Wildman–Crippen MR) is 67.6 cm³/mol. The molecular weight excluding hydrogens is 337 g/mol. The second kappa shape index (κ2) is 5.79. The van der Waals surface area contributed by atoms with E-state index in [4.69, 9.17) is 37.8 Å². The molecule has 0 aliphatic rings. The van der Waals surface area contributed by atoms with E-state index in [0.29, 0.717) is 0 Å². The first kappa shape index (κ1) is 14.4. The van der Waals surface area contributed by atoms with Gasteiger partial charge >= 0.3 is 0 Å². The molecule has 3 atom stereocenters. The largest absolute Gasteiger partial charge is 0.398 e. The summed E-state index contributed by atoms with van der Waals surface area (Å²) in [5, 5.41) is 0. The first-order valence-electron chi connectivity index (χ1n) is 3.52. The molecule has 0 aliphatic heterocycles. The number of hydrogen-bond donors (Lipinski definition) is 1. The van der Waals surface area contributed by atoms with Gasteiger partial charge in [-0.1, -0.05) is 0 Å². The zero-order valence-electron chi connectivity index (χ0n) is 7.32. The minimum atomic E-state index is -1.95. The van der Waals surface area contributed by atoms with Crippen molar-refractivity contribution < 1.29 is 12.6 Å². The molecule has 0 aliphatic carbocycles. The molecule has 0 amide bonds. The van der Waals surface area contributed by atoms with E-state index in [9.17, 15) is 12.6 Å². The molecule has 0 fully saturated rings. The van der Waals surface area contributed by atoms with Gasteiger partial charge < -0.3 is 5.73 Å². The molecule has 0 spiro atoms. The van der Waals surface area contributed by atoms with Crippen molar-refractivity contribution in [2.75, 3.05) is 5.73 Å². The summed E-state index contributed by atoms with van der Waals surface area (Å²) >= 11 is 0. The lowest BCUT2D eigenvalue weighted by Gasteiger charge is -2.06. The van der Waals surface area contributed by atoms with E-state index >= 15 is 0 Å². The summed E-state index contributed by atoms with van der Waals surface area (Å²) in [4.78, 5) is 0.0445. The summed E-state index contributed by atoms with van der Waals surface area (Å²) in [5.41, 5.74) is 5.56. The van der Waals surface area contributed by atoms with Crippen molar-refractivity contribution in [3.05, 3.63) is 12.1 Å². The molecule has 1 rings (SSSR count). The number of rotatable bonds is 3. The fourth-order valence-electron chi connectivity index (χ4n) is 0.947. The molecule has 4 nitrogen and oxygen atoms in total. The summed E-state index contributed by atoms with van der Waals surface area (Å²) in [6.07, 6.45) is 0. The molecule has 0 heterocycles. The van der Waals surface area contributed by atoms with Crippen LogP contribution in [0.4, 0.5) is 5.69 Å². The average molecular weight is 341 g/mol. The van der Waals surface area contributed by atoms with Crippen molar-refractivity contribution in [1.82, 2.24) is 0 Å². The van der Waals surface area contributed by atoms with E-state index in [-0.39, 0.29) is 20.4 Å². The Morgan fingerprint density at radius 2 is 1.19 bits per heavy atom. The summed E-state index contributed by atoms with van der Waals surface area (Å²) in [6, 6.07) is 2.35. The Hall–Kier alpha value is 0.340. The van der Waals surface area contributed by atoms with Gasteiger partial charge in [-0.15, -0.1) is 0 Å². The van der Waals surface area contributed by atoms with E-state index in [1.165, 1.54) is 6.07 Å². The molecule has 1 aromatic rings. The van der Waals surface area contributed by atoms with Crippen LogP contribution in [0, 0.1) is 0 Å². The molecule has 90 valence electrons. The van der Waals surface area contributed by atoms with Crippen LogP contribution in [-0.2, 0) is 30.0 Å². The third-order valence-corrected chi connectivity index (χ3v) is 5.29. The zero-order valence-corrected chi connectivity index (χ0v) is 12.0. The van der Waals surface area contributed by atoms with E-state index < -0.39 is 30.0 Å². The highest BCUT2D eigenvalue weighted by molar-refractivity contribution is 8.11. The summed E-state index contributed by atoms with van der Waals surface area (Å²) in [5.74, 6) is 0. The van der Waals surface area contributed by atoms with Crippen molar-refractivity contribution in [1.29, 1.82) is 0 Å². The van der Waals surface area contributed by atoms with Crippen LogP contribution in [0.25, 0.3) is 0 Å². The SMILES string of the molecule is Nc1cc(S(=O)Cl)c(S(=O)Cl)cc1S(=O)Cl. The summed E-state index contributed by atoms with van der Waals surface area (Å²) in [7, 11) is 10.4. The van der Waals surface area contributed by atoms with Gasteiger partial charge in [0, 0.05) is 0 Å². The fraction of sp³-hybridized carbons (Fsp3) is 0. The number of hydrogen-bond acceptors (Lipinski definition) is 4. The monoisotopic (exact) mass is 339 g/mol. The van der Waals surface area contributed by atoms with Gasteiger partial charge in [-0.05, 0) is 44.2 Å². The second-order valence-corrected chi connectivity index (χ2v) is 7.69. The second-order valence-electron chi connectivity index (χ2n) is 2.51. The molecule has 10 heteroatoms. The molecule has 0 saturated heterocycles. The average Bonchev–Trinajstić information content (AvgIpc) is 2.15. The molecule has 0 aromatic heterocycles. The van der Waals surface area contributed by atoms with Crippen LogP contribution in [0.2, 0.25) is 0 Å². The first-order valence-corrected chi connectivity index (χ1v) is 9.45. The van der Waals surface area contributed by atoms with Gasteiger partial charge in [-0.3, -0.25) is 0 Å². The van der Waals surface area contributed by atoms with E-state index in [1.54, 1.807) is 0 Å². The first-order chi connectivity index (χ1) is 7.34. The maximum absolute atomic E-state index is 11.2. The molecule has 2 N–H and O–H groups in total. The lowest BCUT2D eigenvalue weighted by Crippen LogP contribution is -2.00. The van der Waals surface area contributed by atoms with Crippen molar-refractivity contribution in [3.8, 4) is 0 Å². The molecule has 1 aromatic carbocycles. The van der Waals surface area contributed by atoms with E-state index in [0.717, 1.165) is 6.07 Å². The Bertz CT molecular complexity index is 507. The highest BCUT2D eigenvalue weighted by Crippen LogP contribution is 2.30. The van der Waals surface area contributed by atoms with E-state index in [1.807, 2.05) is 0 Å². The Balaban J connectivity index is 3.55. The fourth-order valence-corrected chi connectivity index (χ4v) is 4.24. The van der Waals surface area contributed by atoms with Gasteiger partial charge in [-0.25, -0.2) is 12.6 Å². The predicted octanol–water partition coefficient (Wildman–Crippen LogP) is 2.05. The third kappa shape index (κ3) is 3.18. The highest BCUT2D eigenvalue weighted by Gasteiger charge is 2.18. The highest BCUT2D eigenvalue weighted by atomic mass is 35.7. The Labute approximate surface area is 112 Å². The topological polar surface area (TPSA) is 77.2 Å². The van der Waals surface area contributed by atoms with Gasteiger partial charge in [0.05, 0.1) is 20.4 Å². The molecule has 0 saturated carbocycles. The number of halogens is 3. The Morgan fingerprint density at radius 1 is 0.812 bits per heavy atom. The molecule has 0 bridgehead atoms. The van der Waals surface area contributed by atoms with Crippen LogP contribution in [0.15, 0.2) is 26.8 Å². The number of benzene rings is 1. The minimum Gasteiger partial charge on any atom is -0.398 e. The van der Waals surface area contributed by atoms with Crippen LogP contribution in [0.5, 0.6) is 0 Å². The number of nitrogens with two attached hydrogens (primary N) is 1. The maximum Gasteiger partial charge on any atom is 0.149 e. The van der Waals surface area contributed by atoms with Gasteiger partial charge in [-0.2, -0.15) is 0 Å². The van der Waals surface area contributed by atoms with Crippen molar-refractivity contribution in [2.24, 2.45) is 0 Å². The standard InChI is InChI=1S/C6H4Cl3NO3S3/c7-14(11)4-2-6(16(9)13)5(15(8)12)1-3(4)10/h1-2H,10H2. The molecule has 3 unspecified atom stereocenters. The lowest BCUT2D eigenvalue weighted by molar-refractivity contribution is 0.682. The summed E-state index contributed by atoms with van der Waals surface area (Å²) < 4.78 is 33.3. The van der Waals surface area contributed by atoms with Crippen molar-refractivity contribution in [2.45, 2.75) is 14.7 Å². The quantitative estimate of drug-likeness (QED) is 0.675.